The van der Waals surface area contributed by atoms with Crippen molar-refractivity contribution in [1.82, 2.24) is 10.2 Å². The molecule has 0 amide bonds. The molecule has 4 rings (SSSR count). The molecular weight excluding hydrogens is 490 g/mol. The van der Waals surface area contributed by atoms with E-state index in [2.05, 4.69) is 22.4 Å². The Morgan fingerprint density at radius 1 is 1.19 bits per heavy atom. The van der Waals surface area contributed by atoms with Crippen LogP contribution in [0.15, 0.2) is 41.8 Å². The summed E-state index contributed by atoms with van der Waals surface area (Å²) in [4.78, 5) is 32.1. The van der Waals surface area contributed by atoms with Crippen LogP contribution in [0, 0.1) is 0 Å². The van der Waals surface area contributed by atoms with E-state index in [4.69, 9.17) is 31.3 Å². The number of anilines is 1. The van der Waals surface area contributed by atoms with Gasteiger partial charge in [0.15, 0.2) is 0 Å². The van der Waals surface area contributed by atoms with E-state index >= 15 is 0 Å². The van der Waals surface area contributed by atoms with E-state index in [1.807, 2.05) is 26.0 Å². The molecule has 4 N–H and O–H groups in total. The van der Waals surface area contributed by atoms with Crippen molar-refractivity contribution in [3.05, 3.63) is 63.5 Å². The number of nitrogens with zero attached hydrogens (tertiary/aromatic N) is 1. The molecule has 2 atom stereocenters. The Hall–Kier alpha value is -3.79. The minimum atomic E-state index is -1.26. The van der Waals surface area contributed by atoms with Crippen LogP contribution in [0.2, 0.25) is 5.02 Å². The second-order valence-electron chi connectivity index (χ2n) is 8.25. The van der Waals surface area contributed by atoms with Gasteiger partial charge in [0, 0.05) is 40.4 Å². The first kappa shape index (κ1) is 26.8. The summed E-state index contributed by atoms with van der Waals surface area (Å²) < 4.78 is 11.6. The minimum Gasteiger partial charge on any atom is -0.490 e. The zero-order valence-electron chi connectivity index (χ0n) is 20.1. The van der Waals surface area contributed by atoms with E-state index in [0.717, 1.165) is 53.2 Å². The lowest BCUT2D eigenvalue weighted by Crippen LogP contribution is -2.25. The number of fused-ring (bicyclic) bond motifs is 2. The number of carbonyl (C=O) groups is 3. The molecular formula is C25H28ClN3O7. The first-order valence-electron chi connectivity index (χ1n) is 11.5. The lowest BCUT2D eigenvalue weighted by atomic mass is 9.81. The summed E-state index contributed by atoms with van der Waals surface area (Å²) in [7, 11) is 0. The maximum atomic E-state index is 13.0. The number of ether oxygens (including phenoxy) is 2. The summed E-state index contributed by atoms with van der Waals surface area (Å²) in [6.07, 6.45) is 5.35. The van der Waals surface area contributed by atoms with Crippen molar-refractivity contribution >= 4 is 35.3 Å². The zero-order chi connectivity index (χ0) is 26.4. The third-order valence-electron chi connectivity index (χ3n) is 5.53. The summed E-state index contributed by atoms with van der Waals surface area (Å²) in [6, 6.07) is 3.84. The van der Waals surface area contributed by atoms with Crippen LogP contribution in [-0.4, -0.2) is 51.0 Å². The summed E-state index contributed by atoms with van der Waals surface area (Å²) in [5.41, 5.74) is 4.29. The fraction of sp³-hybridized carbons (Fsp3) is 0.360. The standard InChI is InChI=1S/C21H24ClN3O3.C4H4O4/c1-4-6-16-18(21(26)27-5-2)17(15-10-23-25-20(15)24-16)14-9-13(22)8-12-7-11(3)28-19(12)14;5-3(6)1-2-4(7)8/h8-11,17H,4-7H2,1-3H3,(H2,23,24,25);1-2H,(H,5,6)(H,7,8)/b;2-1-. The SMILES string of the molecule is CCCC1=C(C(=O)OCC)C(c2cc(Cl)cc3c2OC(C)C3)c2cn[nH]c2N1.O=C(O)/C=C\C(=O)O. The molecule has 0 radical (unpaired) electrons. The van der Waals surface area contributed by atoms with Gasteiger partial charge in [-0.25, -0.2) is 14.4 Å². The number of aromatic amines is 1. The Morgan fingerprint density at radius 3 is 2.50 bits per heavy atom. The van der Waals surface area contributed by atoms with Crippen LogP contribution in [0.5, 0.6) is 5.75 Å². The van der Waals surface area contributed by atoms with Crippen LogP contribution in [0.1, 0.15) is 56.2 Å². The normalized spacial score (nSPS) is 17.9. The second-order valence-corrected chi connectivity index (χ2v) is 8.68. The number of hydrogen-bond acceptors (Lipinski definition) is 7. The highest BCUT2D eigenvalue weighted by molar-refractivity contribution is 6.30. The average Bonchev–Trinajstić information content (AvgIpc) is 3.42. The quantitative estimate of drug-likeness (QED) is 0.311. The molecule has 2 aliphatic heterocycles. The molecule has 0 saturated carbocycles. The highest BCUT2D eigenvalue weighted by atomic mass is 35.5. The molecule has 0 fully saturated rings. The van der Waals surface area contributed by atoms with Crippen LogP contribution in [0.25, 0.3) is 0 Å². The third kappa shape index (κ3) is 6.06. The van der Waals surface area contributed by atoms with Gasteiger partial charge in [-0.3, -0.25) is 5.10 Å². The molecule has 0 aliphatic carbocycles. The van der Waals surface area contributed by atoms with E-state index < -0.39 is 11.9 Å². The van der Waals surface area contributed by atoms with Crippen molar-refractivity contribution in [1.29, 1.82) is 0 Å². The Morgan fingerprint density at radius 2 is 1.89 bits per heavy atom. The summed E-state index contributed by atoms with van der Waals surface area (Å²) in [6.45, 7) is 6.24. The topological polar surface area (TPSA) is 151 Å². The van der Waals surface area contributed by atoms with Gasteiger partial charge in [-0.1, -0.05) is 24.9 Å². The summed E-state index contributed by atoms with van der Waals surface area (Å²) in [5, 5.41) is 26.8. The van der Waals surface area contributed by atoms with E-state index in [9.17, 15) is 14.4 Å². The van der Waals surface area contributed by atoms with Crippen molar-refractivity contribution in [3.8, 4) is 5.75 Å². The number of carboxylic acid groups (broad SMARTS) is 2. The van der Waals surface area contributed by atoms with Gasteiger partial charge in [0.2, 0.25) is 0 Å². The number of carboxylic acids is 2. The fourth-order valence-corrected chi connectivity index (χ4v) is 4.51. The number of halogens is 1. The van der Waals surface area contributed by atoms with Crippen LogP contribution in [0.4, 0.5) is 5.82 Å². The van der Waals surface area contributed by atoms with Gasteiger partial charge >= 0.3 is 17.9 Å². The molecule has 3 heterocycles. The van der Waals surface area contributed by atoms with Gasteiger partial charge in [-0.05, 0) is 38.0 Å². The van der Waals surface area contributed by atoms with Gasteiger partial charge in [0.1, 0.15) is 17.7 Å². The Labute approximate surface area is 212 Å². The third-order valence-corrected chi connectivity index (χ3v) is 5.75. The Bertz CT molecular complexity index is 1200. The van der Waals surface area contributed by atoms with Crippen LogP contribution >= 0.6 is 11.6 Å². The molecule has 0 saturated heterocycles. The largest absolute Gasteiger partial charge is 0.490 e. The zero-order valence-corrected chi connectivity index (χ0v) is 20.9. The van der Waals surface area contributed by atoms with Gasteiger partial charge in [-0.15, -0.1) is 0 Å². The van der Waals surface area contributed by atoms with E-state index in [1.165, 1.54) is 0 Å². The van der Waals surface area contributed by atoms with Gasteiger partial charge in [0.05, 0.1) is 24.3 Å². The van der Waals surface area contributed by atoms with Gasteiger partial charge in [0.25, 0.3) is 0 Å². The summed E-state index contributed by atoms with van der Waals surface area (Å²) in [5.74, 6) is -1.59. The highest BCUT2D eigenvalue weighted by Gasteiger charge is 2.38. The molecule has 10 nitrogen and oxygen atoms in total. The lowest BCUT2D eigenvalue weighted by molar-refractivity contribution is -0.139. The van der Waals surface area contributed by atoms with Crippen molar-refractivity contribution < 1.29 is 34.1 Å². The van der Waals surface area contributed by atoms with Crippen molar-refractivity contribution in [2.75, 3.05) is 11.9 Å². The molecule has 0 bridgehead atoms. The Balaban J connectivity index is 0.000000392. The van der Waals surface area contributed by atoms with E-state index in [1.54, 1.807) is 6.20 Å². The maximum Gasteiger partial charge on any atom is 0.336 e. The molecule has 0 spiro atoms. The first-order valence-corrected chi connectivity index (χ1v) is 11.9. The van der Waals surface area contributed by atoms with Gasteiger partial charge in [-0.2, -0.15) is 5.10 Å². The van der Waals surface area contributed by atoms with Crippen molar-refractivity contribution in [2.45, 2.75) is 52.1 Å². The number of rotatable bonds is 7. The number of nitrogens with one attached hydrogen (secondary N) is 2. The molecule has 192 valence electrons. The molecule has 11 heteroatoms. The fourth-order valence-electron chi connectivity index (χ4n) is 4.26. The molecule has 36 heavy (non-hydrogen) atoms. The van der Waals surface area contributed by atoms with E-state index in [0.29, 0.717) is 29.4 Å². The monoisotopic (exact) mass is 517 g/mol. The van der Waals surface area contributed by atoms with Crippen LogP contribution in [-0.2, 0) is 25.5 Å². The predicted molar refractivity (Wildman–Crippen MR) is 132 cm³/mol. The second kappa shape index (κ2) is 11.8. The molecule has 2 aromatic rings. The molecule has 1 aromatic heterocycles. The number of aromatic nitrogens is 2. The number of H-pyrrole nitrogens is 1. The number of aliphatic carboxylic acids is 2. The molecule has 1 aromatic carbocycles. The van der Waals surface area contributed by atoms with E-state index in [-0.39, 0.29) is 18.0 Å². The number of allylic oxidation sites excluding steroid dienone is 1. The lowest BCUT2D eigenvalue weighted by Gasteiger charge is -2.29. The molecule has 2 unspecified atom stereocenters. The molecule has 2 aliphatic rings. The minimum absolute atomic E-state index is 0.0721. The van der Waals surface area contributed by atoms with Crippen LogP contribution in [0.3, 0.4) is 0 Å². The number of carbonyl (C=O) groups excluding carboxylic acids is 1. The average molecular weight is 518 g/mol. The van der Waals surface area contributed by atoms with Crippen molar-refractivity contribution in [2.24, 2.45) is 0 Å². The number of hydrogen-bond donors (Lipinski definition) is 4. The highest BCUT2D eigenvalue weighted by Crippen LogP contribution is 2.48. The summed E-state index contributed by atoms with van der Waals surface area (Å²) >= 11 is 6.46. The number of esters is 1. The Kier molecular flexibility index (Phi) is 8.76. The van der Waals surface area contributed by atoms with Crippen LogP contribution < -0.4 is 10.1 Å². The first-order chi connectivity index (χ1) is 17.2. The van der Waals surface area contributed by atoms with Gasteiger partial charge < -0.3 is 25.0 Å². The number of benzene rings is 1. The predicted octanol–water partition coefficient (Wildman–Crippen LogP) is 4.27. The maximum absolute atomic E-state index is 13.0. The smallest absolute Gasteiger partial charge is 0.336 e. The van der Waals surface area contributed by atoms with Crippen molar-refractivity contribution in [3.63, 3.8) is 0 Å².